The fourth-order valence-corrected chi connectivity index (χ4v) is 5.82. The van der Waals surface area contributed by atoms with E-state index in [0.717, 1.165) is 64.9 Å². The molecule has 0 saturated carbocycles. The standard InChI is InChI=1S/C31H36ClN7O3/c1-6-7-22(40)16-41-23-8-9-25(32)24(12-23)29-35-28(27-19(4)37-42-20(27)5)18(3)30(36-29)38-14-21-13-33-31(34-26(21)15-38)39-11-10-17(39)2/h8-9,12-13,17,22,40H,6-7,10-11,14-16H2,1-5H3/t17-,22+/m0/s1. The van der Waals surface area contributed by atoms with Gasteiger partial charge in [0, 0.05) is 42.0 Å². The molecule has 0 amide bonds. The number of hydrogen-bond donors (Lipinski definition) is 1. The average Bonchev–Trinajstić information content (AvgIpc) is 3.54. The maximum absolute atomic E-state index is 10.2. The summed E-state index contributed by atoms with van der Waals surface area (Å²) >= 11 is 6.73. The van der Waals surface area contributed by atoms with E-state index in [2.05, 4.69) is 26.9 Å². The molecule has 1 aromatic carbocycles. The lowest BCUT2D eigenvalue weighted by molar-refractivity contribution is 0.0994. The molecular formula is C31H36ClN7O3. The zero-order valence-electron chi connectivity index (χ0n) is 24.7. The largest absolute Gasteiger partial charge is 0.491 e. The number of rotatable bonds is 9. The highest BCUT2D eigenvalue weighted by Gasteiger charge is 2.31. The van der Waals surface area contributed by atoms with Crippen LogP contribution in [0.15, 0.2) is 28.9 Å². The topological polar surface area (TPSA) is 114 Å². The molecule has 0 unspecified atom stereocenters. The Morgan fingerprint density at radius 1 is 1.17 bits per heavy atom. The predicted octanol–water partition coefficient (Wildman–Crippen LogP) is 5.83. The van der Waals surface area contributed by atoms with Crippen LogP contribution in [0.5, 0.6) is 5.75 Å². The number of benzene rings is 1. The first kappa shape index (κ1) is 28.4. The molecule has 3 aromatic heterocycles. The van der Waals surface area contributed by atoms with Gasteiger partial charge in [-0.25, -0.2) is 19.9 Å². The van der Waals surface area contributed by atoms with Gasteiger partial charge in [-0.2, -0.15) is 0 Å². The van der Waals surface area contributed by atoms with E-state index in [1.807, 2.05) is 40.0 Å². The second-order valence-electron chi connectivity index (χ2n) is 11.3. The summed E-state index contributed by atoms with van der Waals surface area (Å²) in [7, 11) is 0. The Morgan fingerprint density at radius 3 is 2.69 bits per heavy atom. The number of aryl methyl sites for hydroxylation is 2. The molecule has 2 atom stereocenters. The van der Waals surface area contributed by atoms with Gasteiger partial charge in [-0.3, -0.25) is 0 Å². The number of halogens is 1. The minimum atomic E-state index is -0.535. The van der Waals surface area contributed by atoms with Gasteiger partial charge < -0.3 is 24.2 Å². The van der Waals surface area contributed by atoms with Crippen molar-refractivity contribution >= 4 is 23.4 Å². The molecule has 11 heteroatoms. The van der Waals surface area contributed by atoms with Crippen LogP contribution in [0.2, 0.25) is 5.02 Å². The summed E-state index contributed by atoms with van der Waals surface area (Å²) in [5.74, 6) is 3.31. The third kappa shape index (κ3) is 5.29. The maximum Gasteiger partial charge on any atom is 0.225 e. The van der Waals surface area contributed by atoms with Gasteiger partial charge in [-0.15, -0.1) is 0 Å². The molecular weight excluding hydrogens is 554 g/mol. The summed E-state index contributed by atoms with van der Waals surface area (Å²) in [6.45, 7) is 12.5. The van der Waals surface area contributed by atoms with Crippen molar-refractivity contribution in [3.8, 4) is 28.4 Å². The molecule has 10 nitrogen and oxygen atoms in total. The summed E-state index contributed by atoms with van der Waals surface area (Å²) in [5, 5.41) is 14.9. The van der Waals surface area contributed by atoms with Gasteiger partial charge in [0.1, 0.15) is 23.9 Å². The molecule has 42 heavy (non-hydrogen) atoms. The number of hydrogen-bond acceptors (Lipinski definition) is 10. The first-order valence-corrected chi connectivity index (χ1v) is 14.9. The molecule has 0 spiro atoms. The van der Waals surface area contributed by atoms with Crippen LogP contribution in [0.4, 0.5) is 11.8 Å². The van der Waals surface area contributed by atoms with Crippen molar-refractivity contribution in [1.82, 2.24) is 25.1 Å². The van der Waals surface area contributed by atoms with Crippen LogP contribution in [0.25, 0.3) is 22.6 Å². The number of anilines is 2. The van der Waals surface area contributed by atoms with Crippen molar-refractivity contribution in [2.45, 2.75) is 79.1 Å². The van der Waals surface area contributed by atoms with E-state index in [0.29, 0.717) is 53.5 Å². The van der Waals surface area contributed by atoms with Crippen LogP contribution in [0.3, 0.4) is 0 Å². The Kier molecular flexibility index (Phi) is 7.76. The van der Waals surface area contributed by atoms with Crippen molar-refractivity contribution < 1.29 is 14.4 Å². The zero-order valence-corrected chi connectivity index (χ0v) is 25.4. The van der Waals surface area contributed by atoms with Crippen molar-refractivity contribution in [2.24, 2.45) is 0 Å². The number of nitrogens with zero attached hydrogens (tertiary/aromatic N) is 7. The molecule has 0 bridgehead atoms. The molecule has 2 aliphatic heterocycles. The average molecular weight is 590 g/mol. The van der Waals surface area contributed by atoms with Gasteiger partial charge in [0.15, 0.2) is 5.82 Å². The third-order valence-corrected chi connectivity index (χ3v) is 8.48. The van der Waals surface area contributed by atoms with Crippen LogP contribution < -0.4 is 14.5 Å². The molecule has 1 N–H and O–H groups in total. The van der Waals surface area contributed by atoms with Gasteiger partial charge in [0.25, 0.3) is 0 Å². The quantitative estimate of drug-likeness (QED) is 0.256. The summed E-state index contributed by atoms with van der Waals surface area (Å²) in [6.07, 6.45) is 4.12. The predicted molar refractivity (Wildman–Crippen MR) is 162 cm³/mol. The van der Waals surface area contributed by atoms with Crippen LogP contribution >= 0.6 is 11.6 Å². The normalized spacial score (nSPS) is 16.9. The first-order valence-electron chi connectivity index (χ1n) is 14.5. The van der Waals surface area contributed by atoms with Crippen molar-refractivity contribution in [3.63, 3.8) is 0 Å². The molecule has 220 valence electrons. The Bertz CT molecular complexity index is 1610. The lowest BCUT2D eigenvalue weighted by atomic mass is 10.0. The Balaban J connectivity index is 1.40. The molecule has 0 aliphatic carbocycles. The first-order chi connectivity index (χ1) is 20.2. The highest BCUT2D eigenvalue weighted by molar-refractivity contribution is 6.33. The zero-order chi connectivity index (χ0) is 29.5. The van der Waals surface area contributed by atoms with Crippen molar-refractivity contribution in [2.75, 3.05) is 23.0 Å². The second-order valence-corrected chi connectivity index (χ2v) is 11.7. The smallest absolute Gasteiger partial charge is 0.225 e. The number of aliphatic hydroxyl groups excluding tert-OH is 1. The maximum atomic E-state index is 10.2. The fraction of sp³-hybridized carbons (Fsp3) is 0.452. The van der Waals surface area contributed by atoms with E-state index >= 15 is 0 Å². The van der Waals surface area contributed by atoms with Crippen LogP contribution in [-0.4, -0.2) is 55.5 Å². The molecule has 2 aliphatic rings. The fourth-order valence-electron chi connectivity index (χ4n) is 5.62. The van der Waals surface area contributed by atoms with Gasteiger partial charge in [0.2, 0.25) is 5.95 Å². The Labute approximate surface area is 250 Å². The summed E-state index contributed by atoms with van der Waals surface area (Å²) < 4.78 is 11.4. The summed E-state index contributed by atoms with van der Waals surface area (Å²) in [5.41, 5.74) is 5.98. The number of aromatic nitrogens is 5. The number of aliphatic hydroxyl groups is 1. The van der Waals surface area contributed by atoms with Gasteiger partial charge in [-0.1, -0.05) is 30.1 Å². The van der Waals surface area contributed by atoms with Gasteiger partial charge in [0.05, 0.1) is 40.3 Å². The number of ether oxygens (including phenoxy) is 1. The van der Waals surface area contributed by atoms with Crippen LogP contribution in [-0.2, 0) is 13.1 Å². The Hall–Kier alpha value is -3.76. The van der Waals surface area contributed by atoms with E-state index in [1.54, 1.807) is 12.1 Å². The van der Waals surface area contributed by atoms with Crippen LogP contribution in [0.1, 0.15) is 61.4 Å². The van der Waals surface area contributed by atoms with Gasteiger partial charge in [-0.05, 0) is 58.7 Å². The molecule has 0 radical (unpaired) electrons. The van der Waals surface area contributed by atoms with E-state index in [9.17, 15) is 5.11 Å². The minimum Gasteiger partial charge on any atom is -0.491 e. The molecule has 1 saturated heterocycles. The Morgan fingerprint density at radius 2 is 2.00 bits per heavy atom. The molecule has 4 aromatic rings. The summed E-state index contributed by atoms with van der Waals surface area (Å²) in [6, 6.07) is 5.86. The number of fused-ring (bicyclic) bond motifs is 1. The highest BCUT2D eigenvalue weighted by atomic mass is 35.5. The van der Waals surface area contributed by atoms with E-state index in [1.165, 1.54) is 0 Å². The summed E-state index contributed by atoms with van der Waals surface area (Å²) in [4.78, 5) is 24.1. The van der Waals surface area contributed by atoms with Crippen molar-refractivity contribution in [1.29, 1.82) is 0 Å². The van der Waals surface area contributed by atoms with Gasteiger partial charge >= 0.3 is 0 Å². The lowest BCUT2D eigenvalue weighted by Crippen LogP contribution is -2.46. The van der Waals surface area contributed by atoms with E-state index in [-0.39, 0.29) is 6.61 Å². The van der Waals surface area contributed by atoms with Crippen LogP contribution in [0, 0.1) is 20.8 Å². The molecule has 1 fully saturated rings. The molecule has 5 heterocycles. The SMILES string of the molecule is CCC[C@@H](O)COc1ccc(Cl)c(-c2nc(-c3c(C)noc3C)c(C)c(N3Cc4cnc(N5CC[C@@H]5C)nc4C3)n2)c1. The monoisotopic (exact) mass is 589 g/mol. The van der Waals surface area contributed by atoms with Crippen molar-refractivity contribution in [3.05, 3.63) is 57.7 Å². The molecule has 6 rings (SSSR count). The third-order valence-electron chi connectivity index (χ3n) is 8.15. The van der Waals surface area contributed by atoms with E-state index in [4.69, 9.17) is 35.8 Å². The lowest BCUT2D eigenvalue weighted by Gasteiger charge is -2.38. The highest BCUT2D eigenvalue weighted by Crippen LogP contribution is 2.39. The second kappa shape index (κ2) is 11.5. The van der Waals surface area contributed by atoms with E-state index < -0.39 is 6.10 Å². The minimum absolute atomic E-state index is 0.199.